The highest BCUT2D eigenvalue weighted by molar-refractivity contribution is 9.10. The zero-order chi connectivity index (χ0) is 20.5. The molecule has 0 saturated heterocycles. The molecule has 0 fully saturated rings. The first-order valence-corrected chi connectivity index (χ1v) is 10.2. The maximum absolute atomic E-state index is 12.0. The van der Waals surface area contributed by atoms with Gasteiger partial charge in [0, 0.05) is 17.9 Å². The normalized spacial score (nSPS) is 10.3. The Morgan fingerprint density at radius 3 is 2.38 bits per heavy atom. The molecule has 3 aromatic carbocycles. The Labute approximate surface area is 179 Å². The van der Waals surface area contributed by atoms with Crippen molar-refractivity contribution < 1.29 is 14.3 Å². The maximum atomic E-state index is 12.0. The second kappa shape index (κ2) is 10.5. The Morgan fingerprint density at radius 1 is 0.931 bits per heavy atom. The molecule has 0 bridgehead atoms. The molecule has 29 heavy (non-hydrogen) atoms. The van der Waals surface area contributed by atoms with Gasteiger partial charge in [-0.15, -0.1) is 0 Å². The third-order valence-electron chi connectivity index (χ3n) is 4.07. The summed E-state index contributed by atoms with van der Waals surface area (Å²) in [5, 5.41) is 6.17. The molecule has 5 nitrogen and oxygen atoms in total. The Hall–Kier alpha value is -2.99. The lowest BCUT2D eigenvalue weighted by Crippen LogP contribution is -2.20. The molecule has 2 N–H and O–H groups in total. The fourth-order valence-corrected chi connectivity index (χ4v) is 3.21. The fraction of sp³-hybridized carbons (Fsp3) is 0.174. The Kier molecular flexibility index (Phi) is 7.53. The third-order valence-corrected chi connectivity index (χ3v) is 4.69. The molecule has 0 aliphatic carbocycles. The van der Waals surface area contributed by atoms with Gasteiger partial charge in [0.05, 0.1) is 11.1 Å². The molecule has 0 saturated carbocycles. The number of hydrogen-bond donors (Lipinski definition) is 2. The highest BCUT2D eigenvalue weighted by Crippen LogP contribution is 2.26. The van der Waals surface area contributed by atoms with Crippen LogP contribution in [0.1, 0.15) is 12.5 Å². The van der Waals surface area contributed by atoms with Gasteiger partial charge in [0.15, 0.2) is 6.61 Å². The minimum atomic E-state index is -0.204. The molecule has 0 aliphatic heterocycles. The van der Waals surface area contributed by atoms with Crippen LogP contribution < -0.4 is 20.1 Å². The van der Waals surface area contributed by atoms with Crippen LogP contribution in [-0.4, -0.2) is 19.1 Å². The average Bonchev–Trinajstić information content (AvgIpc) is 2.73. The summed E-state index contributed by atoms with van der Waals surface area (Å²) < 4.78 is 11.9. The number of ether oxygens (including phenoxy) is 2. The van der Waals surface area contributed by atoms with Crippen LogP contribution in [0, 0.1) is 0 Å². The van der Waals surface area contributed by atoms with E-state index in [-0.39, 0.29) is 12.5 Å². The molecule has 0 radical (unpaired) electrons. The number of hydrogen-bond acceptors (Lipinski definition) is 4. The Morgan fingerprint density at radius 2 is 1.69 bits per heavy atom. The number of carbonyl (C=O) groups is 1. The van der Waals surface area contributed by atoms with Crippen molar-refractivity contribution in [2.45, 2.75) is 13.5 Å². The number of carbonyl (C=O) groups excluding carboxylic acids is 1. The molecule has 0 spiro atoms. The standard InChI is InChI=1S/C23H23BrN2O3/c1-2-28-20-11-9-18(10-12-20)25-15-17-8-13-22(21(24)14-17)29-16-23(27)26-19-6-4-3-5-7-19/h3-14,25H,2,15-16H2,1H3,(H,26,27). The van der Waals surface area contributed by atoms with Crippen molar-refractivity contribution in [3.8, 4) is 11.5 Å². The van der Waals surface area contributed by atoms with Crippen LogP contribution in [0.3, 0.4) is 0 Å². The monoisotopic (exact) mass is 454 g/mol. The highest BCUT2D eigenvalue weighted by Gasteiger charge is 2.07. The number of para-hydroxylation sites is 1. The number of amides is 1. The van der Waals surface area contributed by atoms with Crippen molar-refractivity contribution in [2.24, 2.45) is 0 Å². The average molecular weight is 455 g/mol. The van der Waals surface area contributed by atoms with Crippen molar-refractivity contribution >= 4 is 33.2 Å². The van der Waals surface area contributed by atoms with Gasteiger partial charge >= 0.3 is 0 Å². The lowest BCUT2D eigenvalue weighted by molar-refractivity contribution is -0.118. The Bertz CT molecular complexity index is 931. The second-order valence-corrected chi connectivity index (χ2v) is 7.13. The first kappa shape index (κ1) is 20.7. The van der Waals surface area contributed by atoms with Crippen LogP contribution >= 0.6 is 15.9 Å². The smallest absolute Gasteiger partial charge is 0.262 e. The third kappa shape index (κ3) is 6.54. The largest absolute Gasteiger partial charge is 0.494 e. The summed E-state index contributed by atoms with van der Waals surface area (Å²) >= 11 is 3.52. The van der Waals surface area contributed by atoms with E-state index in [9.17, 15) is 4.79 Å². The van der Waals surface area contributed by atoms with Crippen molar-refractivity contribution in [1.29, 1.82) is 0 Å². The lowest BCUT2D eigenvalue weighted by Gasteiger charge is -2.11. The first-order valence-electron chi connectivity index (χ1n) is 9.37. The van der Waals surface area contributed by atoms with E-state index in [0.29, 0.717) is 18.9 Å². The van der Waals surface area contributed by atoms with Gasteiger partial charge in [0.2, 0.25) is 0 Å². The van der Waals surface area contributed by atoms with E-state index < -0.39 is 0 Å². The van der Waals surface area contributed by atoms with Gasteiger partial charge in [-0.05, 0) is 76.9 Å². The summed E-state index contributed by atoms with van der Waals surface area (Å²) in [5.74, 6) is 1.28. The van der Waals surface area contributed by atoms with E-state index in [2.05, 4.69) is 26.6 Å². The molecular weight excluding hydrogens is 432 g/mol. The summed E-state index contributed by atoms with van der Waals surface area (Å²) in [4.78, 5) is 12.0. The van der Waals surface area contributed by atoms with Gasteiger partial charge in [0.25, 0.3) is 5.91 Å². The van der Waals surface area contributed by atoms with E-state index in [0.717, 1.165) is 27.2 Å². The number of benzene rings is 3. The molecule has 0 heterocycles. The van der Waals surface area contributed by atoms with Crippen molar-refractivity contribution in [1.82, 2.24) is 0 Å². The fourth-order valence-electron chi connectivity index (χ4n) is 2.67. The van der Waals surface area contributed by atoms with Gasteiger partial charge in [-0.25, -0.2) is 0 Å². The quantitative estimate of drug-likeness (QED) is 0.449. The molecular formula is C23H23BrN2O3. The van der Waals surface area contributed by atoms with Gasteiger partial charge in [-0.2, -0.15) is 0 Å². The molecule has 150 valence electrons. The molecule has 6 heteroatoms. The van der Waals surface area contributed by atoms with E-state index in [1.165, 1.54) is 0 Å². The zero-order valence-electron chi connectivity index (χ0n) is 16.2. The summed E-state index contributed by atoms with van der Waals surface area (Å²) in [7, 11) is 0. The minimum absolute atomic E-state index is 0.0583. The number of nitrogens with one attached hydrogen (secondary N) is 2. The number of rotatable bonds is 9. The molecule has 3 rings (SSSR count). The summed E-state index contributed by atoms with van der Waals surface area (Å²) in [6.45, 7) is 3.23. The molecule has 0 aliphatic rings. The van der Waals surface area contributed by atoms with Gasteiger partial charge < -0.3 is 20.1 Å². The first-order chi connectivity index (χ1) is 14.1. The summed E-state index contributed by atoms with van der Waals surface area (Å²) in [5.41, 5.74) is 2.85. The topological polar surface area (TPSA) is 59.6 Å². The van der Waals surface area contributed by atoms with E-state index in [4.69, 9.17) is 9.47 Å². The van der Waals surface area contributed by atoms with Crippen molar-refractivity contribution in [3.63, 3.8) is 0 Å². The highest BCUT2D eigenvalue weighted by atomic mass is 79.9. The van der Waals surface area contributed by atoms with Gasteiger partial charge in [-0.3, -0.25) is 4.79 Å². The van der Waals surface area contributed by atoms with Crippen molar-refractivity contribution in [3.05, 3.63) is 82.8 Å². The van der Waals surface area contributed by atoms with Gasteiger partial charge in [0.1, 0.15) is 11.5 Å². The van der Waals surface area contributed by atoms with Gasteiger partial charge in [-0.1, -0.05) is 24.3 Å². The minimum Gasteiger partial charge on any atom is -0.494 e. The Balaban J connectivity index is 1.49. The van der Waals surface area contributed by atoms with Crippen LogP contribution in [0.25, 0.3) is 0 Å². The van der Waals surface area contributed by atoms with Crippen LogP contribution in [0.5, 0.6) is 11.5 Å². The van der Waals surface area contributed by atoms with Crippen LogP contribution in [0.15, 0.2) is 77.3 Å². The molecule has 0 unspecified atom stereocenters. The number of anilines is 2. The van der Waals surface area contributed by atoms with Crippen LogP contribution in [0.2, 0.25) is 0 Å². The zero-order valence-corrected chi connectivity index (χ0v) is 17.7. The van der Waals surface area contributed by atoms with Crippen LogP contribution in [-0.2, 0) is 11.3 Å². The van der Waals surface area contributed by atoms with E-state index in [1.54, 1.807) is 0 Å². The molecule has 1 amide bonds. The van der Waals surface area contributed by atoms with Crippen molar-refractivity contribution in [2.75, 3.05) is 23.8 Å². The van der Waals surface area contributed by atoms with E-state index in [1.807, 2.05) is 79.7 Å². The van der Waals surface area contributed by atoms with E-state index >= 15 is 0 Å². The lowest BCUT2D eigenvalue weighted by atomic mass is 10.2. The summed E-state index contributed by atoms with van der Waals surface area (Å²) in [6, 6.07) is 23.0. The molecule has 3 aromatic rings. The maximum Gasteiger partial charge on any atom is 0.262 e. The summed E-state index contributed by atoms with van der Waals surface area (Å²) in [6.07, 6.45) is 0. The predicted octanol–water partition coefficient (Wildman–Crippen LogP) is 5.48. The SMILES string of the molecule is CCOc1ccc(NCc2ccc(OCC(=O)Nc3ccccc3)c(Br)c2)cc1. The second-order valence-electron chi connectivity index (χ2n) is 6.28. The molecule has 0 atom stereocenters. The molecule has 0 aromatic heterocycles. The predicted molar refractivity (Wildman–Crippen MR) is 120 cm³/mol. The van der Waals surface area contributed by atoms with Crippen LogP contribution in [0.4, 0.5) is 11.4 Å². The number of halogens is 1.